The number of hydrogen-bond acceptors (Lipinski definition) is 2. The first kappa shape index (κ1) is 11.3. The van der Waals surface area contributed by atoms with Crippen LogP contribution in [-0.4, -0.2) is 73.8 Å². The van der Waals surface area contributed by atoms with Crippen LogP contribution in [-0.2, 0) is 4.74 Å². The Morgan fingerprint density at radius 3 is 2.43 bits per heavy atom. The molecule has 2 nitrogen and oxygen atoms in total. The van der Waals surface area contributed by atoms with E-state index in [1.54, 1.807) is 0 Å². The molecule has 3 heteroatoms. The van der Waals surface area contributed by atoms with Gasteiger partial charge in [-0.1, -0.05) is 0 Å². The van der Waals surface area contributed by atoms with Crippen LogP contribution in [0.15, 0.2) is 0 Å². The van der Waals surface area contributed by atoms with Crippen LogP contribution in [0.3, 0.4) is 0 Å². The molecule has 0 rings (SSSR count). The Morgan fingerprint density at radius 2 is 2.29 bits per heavy atom. The summed E-state index contributed by atoms with van der Waals surface area (Å²) in [5.41, 5.74) is 0. The SMILES string of the molecule is CCOCCO.[Ba+2].[H-].[H-]. The van der Waals surface area contributed by atoms with Crippen molar-refractivity contribution in [3.63, 3.8) is 0 Å². The van der Waals surface area contributed by atoms with E-state index in [1.165, 1.54) is 0 Å². The Morgan fingerprint density at radius 1 is 1.71 bits per heavy atom. The van der Waals surface area contributed by atoms with Crippen LogP contribution in [0.4, 0.5) is 0 Å². The third kappa shape index (κ3) is 11.2. The monoisotopic (exact) mass is 230 g/mol. The first-order valence-corrected chi connectivity index (χ1v) is 2.10. The molecule has 42 valence electrons. The molecule has 0 bridgehead atoms. The number of hydrogen-bond donors (Lipinski definition) is 1. The average Bonchev–Trinajstić information content (AvgIpc) is 1.61. The Balaban J connectivity index is -0.0000000417. The van der Waals surface area contributed by atoms with Crippen molar-refractivity contribution < 1.29 is 12.7 Å². The molecule has 0 aromatic carbocycles. The minimum absolute atomic E-state index is 0. The predicted octanol–water partition coefficient (Wildman–Crippen LogP) is -0.141. The van der Waals surface area contributed by atoms with Crippen LogP contribution < -0.4 is 0 Å². The molecule has 0 fully saturated rings. The van der Waals surface area contributed by atoms with Gasteiger partial charge in [-0.05, 0) is 6.92 Å². The van der Waals surface area contributed by atoms with Crippen LogP contribution in [0.2, 0.25) is 0 Å². The molecule has 0 unspecified atom stereocenters. The normalized spacial score (nSPS) is 7.71. The molecule has 0 radical (unpaired) electrons. The third-order valence-electron chi connectivity index (χ3n) is 0.440. The van der Waals surface area contributed by atoms with Gasteiger partial charge in [-0.2, -0.15) is 0 Å². The predicted molar refractivity (Wildman–Crippen MR) is 31.6 cm³/mol. The van der Waals surface area contributed by atoms with Gasteiger partial charge >= 0.3 is 48.9 Å². The van der Waals surface area contributed by atoms with Crippen molar-refractivity contribution in [1.29, 1.82) is 0 Å². The Hall–Kier alpha value is 1.49. The second kappa shape index (κ2) is 10.5. The van der Waals surface area contributed by atoms with Gasteiger partial charge in [0.15, 0.2) is 0 Å². The van der Waals surface area contributed by atoms with Crippen LogP contribution in [0.25, 0.3) is 0 Å². The van der Waals surface area contributed by atoms with Gasteiger partial charge in [0, 0.05) is 6.61 Å². The van der Waals surface area contributed by atoms with E-state index in [2.05, 4.69) is 0 Å². The number of aliphatic hydroxyl groups excluding tert-OH is 1. The smallest absolute Gasteiger partial charge is 1.00 e. The zero-order chi connectivity index (χ0) is 4.83. The Bertz CT molecular complexity index is 28.5. The van der Waals surface area contributed by atoms with Gasteiger partial charge in [-0.3, -0.25) is 0 Å². The molecule has 0 heterocycles. The number of ether oxygens (including phenoxy) is 1. The fourth-order valence-corrected chi connectivity index (χ4v) is 0.209. The van der Waals surface area contributed by atoms with Crippen LogP contribution >= 0.6 is 0 Å². The molecular formula is C4H12BaO2. The summed E-state index contributed by atoms with van der Waals surface area (Å²) in [6, 6.07) is 0. The van der Waals surface area contributed by atoms with Crippen LogP contribution in [0.5, 0.6) is 0 Å². The minimum atomic E-state index is 0. The molecule has 0 aliphatic carbocycles. The first-order valence-electron chi connectivity index (χ1n) is 2.10. The van der Waals surface area contributed by atoms with Gasteiger partial charge in [-0.25, -0.2) is 0 Å². The van der Waals surface area contributed by atoms with E-state index >= 15 is 0 Å². The van der Waals surface area contributed by atoms with Gasteiger partial charge in [0.1, 0.15) is 0 Å². The van der Waals surface area contributed by atoms with Gasteiger partial charge in [0.2, 0.25) is 0 Å². The molecule has 0 aromatic heterocycles. The summed E-state index contributed by atoms with van der Waals surface area (Å²) in [4.78, 5) is 0. The summed E-state index contributed by atoms with van der Waals surface area (Å²) in [6.45, 7) is 3.20. The molecule has 7 heavy (non-hydrogen) atoms. The fourth-order valence-electron chi connectivity index (χ4n) is 0.209. The molecule has 0 atom stereocenters. The third-order valence-corrected chi connectivity index (χ3v) is 0.440. The second-order valence-electron chi connectivity index (χ2n) is 0.921. The summed E-state index contributed by atoms with van der Waals surface area (Å²) in [6.07, 6.45) is 0. The Labute approximate surface area is 87.3 Å². The van der Waals surface area contributed by atoms with E-state index in [4.69, 9.17) is 9.84 Å². The quantitative estimate of drug-likeness (QED) is 0.539. The Kier molecular flexibility index (Phi) is 16.9. The fraction of sp³-hybridized carbons (Fsp3) is 1.00. The summed E-state index contributed by atoms with van der Waals surface area (Å²) >= 11 is 0. The van der Waals surface area contributed by atoms with Gasteiger partial charge in [0.05, 0.1) is 13.2 Å². The molecule has 0 saturated heterocycles. The zero-order valence-corrected chi connectivity index (χ0v) is 9.12. The van der Waals surface area contributed by atoms with Crippen molar-refractivity contribution in [1.82, 2.24) is 0 Å². The van der Waals surface area contributed by atoms with E-state index in [0.29, 0.717) is 13.2 Å². The second-order valence-corrected chi connectivity index (χ2v) is 0.921. The molecule has 0 aromatic rings. The number of rotatable bonds is 3. The average molecular weight is 229 g/mol. The summed E-state index contributed by atoms with van der Waals surface area (Å²) in [5, 5.41) is 8.07. The summed E-state index contributed by atoms with van der Waals surface area (Å²) in [5.74, 6) is 0. The van der Waals surface area contributed by atoms with Gasteiger partial charge in [0.25, 0.3) is 0 Å². The van der Waals surface area contributed by atoms with E-state index in [1.807, 2.05) is 6.92 Å². The molecule has 0 aliphatic rings. The molecule has 0 amide bonds. The van der Waals surface area contributed by atoms with Gasteiger partial charge in [-0.15, -0.1) is 0 Å². The van der Waals surface area contributed by atoms with E-state index in [-0.39, 0.29) is 58.3 Å². The topological polar surface area (TPSA) is 29.5 Å². The summed E-state index contributed by atoms with van der Waals surface area (Å²) in [7, 11) is 0. The van der Waals surface area contributed by atoms with Crippen molar-refractivity contribution in [2.45, 2.75) is 6.92 Å². The largest absolute Gasteiger partial charge is 2.00 e. The van der Waals surface area contributed by atoms with Crippen molar-refractivity contribution in [3.05, 3.63) is 0 Å². The molecule has 0 aliphatic heterocycles. The summed E-state index contributed by atoms with van der Waals surface area (Å²) < 4.78 is 4.73. The van der Waals surface area contributed by atoms with E-state index < -0.39 is 0 Å². The first-order chi connectivity index (χ1) is 2.91. The van der Waals surface area contributed by atoms with E-state index in [9.17, 15) is 0 Å². The maximum Gasteiger partial charge on any atom is 2.00 e. The zero-order valence-electron chi connectivity index (χ0n) is 6.68. The van der Waals surface area contributed by atoms with Crippen molar-refractivity contribution in [2.24, 2.45) is 0 Å². The maximum absolute atomic E-state index is 8.07. The molecular weight excluding hydrogens is 217 g/mol. The van der Waals surface area contributed by atoms with Gasteiger partial charge < -0.3 is 12.7 Å². The minimum Gasteiger partial charge on any atom is -1.00 e. The number of aliphatic hydroxyl groups is 1. The molecule has 1 N–H and O–H groups in total. The standard InChI is InChI=1S/C4H10O2.Ba.2H/c1-2-6-4-3-5;;;/h5H,2-4H2,1H3;;;/q;+2;2*-1. The van der Waals surface area contributed by atoms with Crippen molar-refractivity contribution in [3.8, 4) is 0 Å². The van der Waals surface area contributed by atoms with Crippen LogP contribution in [0, 0.1) is 0 Å². The van der Waals surface area contributed by atoms with E-state index in [0.717, 1.165) is 0 Å². The molecule has 0 saturated carbocycles. The maximum atomic E-state index is 8.07. The molecule has 0 spiro atoms. The van der Waals surface area contributed by atoms with Crippen molar-refractivity contribution >= 4 is 48.9 Å². The van der Waals surface area contributed by atoms with Crippen LogP contribution in [0.1, 0.15) is 9.78 Å². The van der Waals surface area contributed by atoms with Crippen molar-refractivity contribution in [2.75, 3.05) is 19.8 Å².